The minimum Gasteiger partial charge on any atom is -0.497 e. The summed E-state index contributed by atoms with van der Waals surface area (Å²) in [5, 5.41) is 2.99. The van der Waals surface area contributed by atoms with Crippen LogP contribution in [-0.4, -0.2) is 31.9 Å². The van der Waals surface area contributed by atoms with E-state index in [4.69, 9.17) is 4.74 Å². The molecule has 1 aliphatic rings. The third-order valence-corrected chi connectivity index (χ3v) is 5.59. The molecule has 4 nitrogen and oxygen atoms in total. The van der Waals surface area contributed by atoms with E-state index in [9.17, 15) is 4.79 Å². The predicted octanol–water partition coefficient (Wildman–Crippen LogP) is 4.09. The van der Waals surface area contributed by atoms with Crippen LogP contribution in [0.2, 0.25) is 0 Å². The van der Waals surface area contributed by atoms with Gasteiger partial charge in [-0.2, -0.15) is 0 Å². The number of hydrogen-bond acceptors (Lipinski definition) is 4. The van der Waals surface area contributed by atoms with Gasteiger partial charge < -0.3 is 15.0 Å². The highest BCUT2D eigenvalue weighted by Crippen LogP contribution is 2.22. The van der Waals surface area contributed by atoms with Crippen molar-refractivity contribution < 1.29 is 9.53 Å². The normalized spacial score (nSPS) is 14.1. The Hall–Kier alpha value is -2.14. The molecule has 2 aromatic rings. The Labute approximate surface area is 159 Å². The van der Waals surface area contributed by atoms with Crippen molar-refractivity contribution in [3.8, 4) is 5.75 Å². The number of nitrogens with one attached hydrogen (secondary N) is 1. The van der Waals surface area contributed by atoms with Gasteiger partial charge in [-0.25, -0.2) is 0 Å². The van der Waals surface area contributed by atoms with Crippen molar-refractivity contribution in [3.05, 3.63) is 54.1 Å². The number of benzene rings is 2. The minimum atomic E-state index is 0.0472. The molecular formula is C21H26N2O2S. The molecule has 1 amide bonds. The van der Waals surface area contributed by atoms with Gasteiger partial charge in [-0.15, -0.1) is 11.8 Å². The van der Waals surface area contributed by atoms with Crippen LogP contribution < -0.4 is 15.0 Å². The van der Waals surface area contributed by atoms with Crippen molar-refractivity contribution in [2.45, 2.75) is 30.7 Å². The second-order valence-electron chi connectivity index (χ2n) is 6.46. The molecule has 0 atom stereocenters. The molecule has 0 bridgehead atoms. The van der Waals surface area contributed by atoms with Crippen molar-refractivity contribution in [1.29, 1.82) is 0 Å². The highest BCUT2D eigenvalue weighted by Gasteiger charge is 2.10. The predicted molar refractivity (Wildman–Crippen MR) is 108 cm³/mol. The number of amides is 1. The Kier molecular flexibility index (Phi) is 6.83. The van der Waals surface area contributed by atoms with Gasteiger partial charge in [0.15, 0.2) is 0 Å². The molecular weight excluding hydrogens is 344 g/mol. The van der Waals surface area contributed by atoms with Gasteiger partial charge in [0.2, 0.25) is 5.91 Å². The van der Waals surface area contributed by atoms with Crippen LogP contribution in [0.4, 0.5) is 5.69 Å². The smallest absolute Gasteiger partial charge is 0.230 e. The topological polar surface area (TPSA) is 41.6 Å². The summed E-state index contributed by atoms with van der Waals surface area (Å²) in [4.78, 5) is 15.6. The van der Waals surface area contributed by atoms with Crippen molar-refractivity contribution in [1.82, 2.24) is 5.32 Å². The van der Waals surface area contributed by atoms with Crippen molar-refractivity contribution in [2.24, 2.45) is 0 Å². The van der Waals surface area contributed by atoms with Gasteiger partial charge in [-0.3, -0.25) is 4.79 Å². The van der Waals surface area contributed by atoms with E-state index in [2.05, 4.69) is 34.5 Å². The highest BCUT2D eigenvalue weighted by molar-refractivity contribution is 8.00. The van der Waals surface area contributed by atoms with Gasteiger partial charge in [0, 0.05) is 30.2 Å². The number of thioether (sulfide) groups is 1. The van der Waals surface area contributed by atoms with Gasteiger partial charge in [0.1, 0.15) is 5.75 Å². The maximum atomic E-state index is 12.1. The maximum absolute atomic E-state index is 12.1. The van der Waals surface area contributed by atoms with Crippen molar-refractivity contribution >= 4 is 23.4 Å². The van der Waals surface area contributed by atoms with E-state index in [1.165, 1.54) is 36.7 Å². The number of piperidine rings is 1. The van der Waals surface area contributed by atoms with Crippen molar-refractivity contribution in [2.75, 3.05) is 30.9 Å². The first-order chi connectivity index (χ1) is 12.7. The first kappa shape index (κ1) is 18.6. The van der Waals surface area contributed by atoms with Crippen LogP contribution >= 0.6 is 11.8 Å². The number of hydrogen-bond donors (Lipinski definition) is 1. The monoisotopic (exact) mass is 370 g/mol. The van der Waals surface area contributed by atoms with Gasteiger partial charge in [-0.1, -0.05) is 12.1 Å². The minimum absolute atomic E-state index is 0.0472. The Balaban J connectivity index is 1.42. The van der Waals surface area contributed by atoms with Crippen LogP contribution in [0.1, 0.15) is 24.8 Å². The first-order valence-corrected chi connectivity index (χ1v) is 10.1. The van der Waals surface area contributed by atoms with Gasteiger partial charge in [-0.05, 0) is 61.2 Å². The molecule has 0 aliphatic carbocycles. The molecule has 138 valence electrons. The Morgan fingerprint density at radius 1 is 1.04 bits per heavy atom. The fourth-order valence-electron chi connectivity index (χ4n) is 3.05. The van der Waals surface area contributed by atoms with Crippen LogP contribution in [0.15, 0.2) is 53.4 Å². The summed E-state index contributed by atoms with van der Waals surface area (Å²) in [5.74, 6) is 1.29. The second-order valence-corrected chi connectivity index (χ2v) is 7.50. The average Bonchev–Trinajstić information content (AvgIpc) is 2.72. The van der Waals surface area contributed by atoms with E-state index in [-0.39, 0.29) is 5.91 Å². The SMILES string of the molecule is COc1ccc(SCC(=O)NCc2ccc(N3CCCCC3)cc2)cc1. The average molecular weight is 371 g/mol. The third kappa shape index (κ3) is 5.43. The third-order valence-electron chi connectivity index (χ3n) is 4.58. The summed E-state index contributed by atoms with van der Waals surface area (Å²) in [6.45, 7) is 2.87. The Morgan fingerprint density at radius 3 is 2.38 bits per heavy atom. The van der Waals surface area contributed by atoms with E-state index in [1.807, 2.05) is 24.3 Å². The largest absolute Gasteiger partial charge is 0.497 e. The van der Waals surface area contributed by atoms with Gasteiger partial charge in [0.05, 0.1) is 12.9 Å². The number of anilines is 1. The molecule has 1 N–H and O–H groups in total. The quantitative estimate of drug-likeness (QED) is 0.745. The summed E-state index contributed by atoms with van der Waals surface area (Å²) in [6.07, 6.45) is 3.91. The molecule has 1 fully saturated rings. The van der Waals surface area contributed by atoms with E-state index >= 15 is 0 Å². The van der Waals surface area contributed by atoms with E-state index in [1.54, 1.807) is 7.11 Å². The van der Waals surface area contributed by atoms with Crippen LogP contribution in [0.5, 0.6) is 5.75 Å². The lowest BCUT2D eigenvalue weighted by Crippen LogP contribution is -2.29. The zero-order chi connectivity index (χ0) is 18.2. The number of carbonyl (C=O) groups is 1. The zero-order valence-corrected chi connectivity index (χ0v) is 16.1. The standard InChI is InChI=1S/C21H26N2O2S/c1-25-19-9-11-20(12-10-19)26-16-21(24)22-15-17-5-7-18(8-6-17)23-13-3-2-4-14-23/h5-12H,2-4,13-16H2,1H3,(H,22,24). The molecule has 1 heterocycles. The summed E-state index contributed by atoms with van der Waals surface area (Å²) < 4.78 is 5.14. The summed E-state index contributed by atoms with van der Waals surface area (Å²) in [7, 11) is 1.65. The van der Waals surface area contributed by atoms with Crippen molar-refractivity contribution in [3.63, 3.8) is 0 Å². The molecule has 2 aromatic carbocycles. The van der Waals surface area contributed by atoms with Crippen LogP contribution in [-0.2, 0) is 11.3 Å². The first-order valence-electron chi connectivity index (χ1n) is 9.12. The van der Waals surface area contributed by atoms with Gasteiger partial charge in [0.25, 0.3) is 0 Å². The van der Waals surface area contributed by atoms with Crippen LogP contribution in [0, 0.1) is 0 Å². The molecule has 1 saturated heterocycles. The number of carbonyl (C=O) groups excluding carboxylic acids is 1. The van der Waals surface area contributed by atoms with Gasteiger partial charge >= 0.3 is 0 Å². The fraction of sp³-hybridized carbons (Fsp3) is 0.381. The molecule has 0 saturated carbocycles. The molecule has 0 radical (unpaired) electrons. The van der Waals surface area contributed by atoms with Crippen LogP contribution in [0.25, 0.3) is 0 Å². The fourth-order valence-corrected chi connectivity index (χ4v) is 3.78. The molecule has 5 heteroatoms. The maximum Gasteiger partial charge on any atom is 0.230 e. The number of methoxy groups -OCH3 is 1. The molecule has 26 heavy (non-hydrogen) atoms. The number of rotatable bonds is 7. The Morgan fingerprint density at radius 2 is 1.73 bits per heavy atom. The highest BCUT2D eigenvalue weighted by atomic mass is 32.2. The summed E-state index contributed by atoms with van der Waals surface area (Å²) in [6, 6.07) is 16.3. The zero-order valence-electron chi connectivity index (χ0n) is 15.2. The molecule has 0 unspecified atom stereocenters. The summed E-state index contributed by atoms with van der Waals surface area (Å²) in [5.41, 5.74) is 2.42. The van der Waals surface area contributed by atoms with Crippen LogP contribution in [0.3, 0.4) is 0 Å². The lowest BCUT2D eigenvalue weighted by molar-refractivity contribution is -0.118. The lowest BCUT2D eigenvalue weighted by Gasteiger charge is -2.28. The second kappa shape index (κ2) is 9.53. The lowest BCUT2D eigenvalue weighted by atomic mass is 10.1. The van der Waals surface area contributed by atoms with E-state index in [0.717, 1.165) is 29.3 Å². The van der Waals surface area contributed by atoms with E-state index in [0.29, 0.717) is 12.3 Å². The summed E-state index contributed by atoms with van der Waals surface area (Å²) >= 11 is 1.53. The molecule has 1 aliphatic heterocycles. The number of nitrogens with zero attached hydrogens (tertiary/aromatic N) is 1. The molecule has 3 rings (SSSR count). The Bertz CT molecular complexity index is 695. The van der Waals surface area contributed by atoms with E-state index < -0.39 is 0 Å². The molecule has 0 aromatic heterocycles. The molecule has 0 spiro atoms. The number of ether oxygens (including phenoxy) is 1.